The number of methoxy groups -OCH3 is 1. The maximum absolute atomic E-state index is 12.2. The molecule has 0 bridgehead atoms. The van der Waals surface area contributed by atoms with E-state index in [0.29, 0.717) is 36.2 Å². The Morgan fingerprint density at radius 2 is 2.12 bits per heavy atom. The van der Waals surface area contributed by atoms with Gasteiger partial charge in [-0.05, 0) is 30.5 Å². The van der Waals surface area contributed by atoms with Crippen LogP contribution in [0.5, 0.6) is 0 Å². The maximum atomic E-state index is 12.2. The zero-order valence-corrected chi connectivity index (χ0v) is 15.4. The summed E-state index contributed by atoms with van der Waals surface area (Å²) in [5, 5.41) is 13.6. The van der Waals surface area contributed by atoms with Gasteiger partial charge in [-0.3, -0.25) is 9.59 Å². The lowest BCUT2D eigenvalue weighted by molar-refractivity contribution is -0.128. The topological polar surface area (TPSA) is 78.9 Å². The molecule has 1 aliphatic heterocycles. The predicted molar refractivity (Wildman–Crippen MR) is 95.9 cm³/mol. The van der Waals surface area contributed by atoms with E-state index in [-0.39, 0.29) is 12.1 Å². The number of carbonyl (C=O) groups is 2. The smallest absolute Gasteiger partial charge is 0.289 e. The highest BCUT2D eigenvalue weighted by molar-refractivity contribution is 6.42. The Hall–Kier alpha value is -1.76. The van der Waals surface area contributed by atoms with Crippen LogP contribution in [0.3, 0.4) is 0 Å². The molecule has 0 fully saturated rings. The first kappa shape index (κ1) is 19.6. The van der Waals surface area contributed by atoms with Gasteiger partial charge in [0.15, 0.2) is 5.76 Å². The van der Waals surface area contributed by atoms with E-state index >= 15 is 0 Å². The van der Waals surface area contributed by atoms with Gasteiger partial charge in [-0.2, -0.15) is 0 Å². The normalized spacial score (nSPS) is 14.4. The van der Waals surface area contributed by atoms with Gasteiger partial charge in [0.2, 0.25) is 0 Å². The molecule has 1 aromatic carbocycles. The first-order chi connectivity index (χ1) is 11.9. The Kier molecular flexibility index (Phi) is 7.11. The van der Waals surface area contributed by atoms with Crippen LogP contribution >= 0.6 is 23.2 Å². The zero-order valence-electron chi connectivity index (χ0n) is 13.8. The average molecular weight is 387 g/mol. The van der Waals surface area contributed by atoms with E-state index in [1.54, 1.807) is 12.1 Å². The van der Waals surface area contributed by atoms with Crippen molar-refractivity contribution in [2.75, 3.05) is 33.4 Å². The number of carbonyl (C=O) groups excluding carboxylic acids is 2. The number of aryl methyl sites for hydroxylation is 1. The van der Waals surface area contributed by atoms with Crippen molar-refractivity contribution in [1.82, 2.24) is 10.2 Å². The molecule has 1 aliphatic rings. The van der Waals surface area contributed by atoms with Crippen molar-refractivity contribution in [2.45, 2.75) is 12.8 Å². The molecular weight excluding hydrogens is 367 g/mol. The fourth-order valence-corrected chi connectivity index (χ4v) is 2.79. The number of nitrogens with zero attached hydrogens (tertiary/aromatic N) is 1. The molecule has 2 N–H and O–H groups in total. The molecule has 25 heavy (non-hydrogen) atoms. The molecule has 0 saturated heterocycles. The fourth-order valence-electron chi connectivity index (χ4n) is 2.47. The van der Waals surface area contributed by atoms with Gasteiger partial charge in [-0.1, -0.05) is 29.3 Å². The van der Waals surface area contributed by atoms with Crippen LogP contribution in [0, 0.1) is 0 Å². The minimum absolute atomic E-state index is 0.0899. The van der Waals surface area contributed by atoms with Gasteiger partial charge in [0, 0.05) is 20.2 Å². The molecule has 1 aromatic rings. The van der Waals surface area contributed by atoms with E-state index in [9.17, 15) is 14.7 Å². The predicted octanol–water partition coefficient (Wildman–Crippen LogP) is 2.34. The van der Waals surface area contributed by atoms with Gasteiger partial charge in [0.05, 0.1) is 28.8 Å². The van der Waals surface area contributed by atoms with Crippen LogP contribution in [0.2, 0.25) is 10.0 Å². The third kappa shape index (κ3) is 5.11. The minimum atomic E-state index is -0.544. The molecule has 0 aromatic heterocycles. The number of benzene rings is 1. The van der Waals surface area contributed by atoms with Crippen molar-refractivity contribution in [2.24, 2.45) is 0 Å². The number of rotatable bonds is 8. The summed E-state index contributed by atoms with van der Waals surface area (Å²) >= 11 is 11.8. The van der Waals surface area contributed by atoms with E-state index in [1.165, 1.54) is 12.0 Å². The van der Waals surface area contributed by atoms with Crippen LogP contribution in [0.15, 0.2) is 29.5 Å². The van der Waals surface area contributed by atoms with Crippen molar-refractivity contribution in [3.8, 4) is 0 Å². The Bertz CT molecular complexity index is 691. The quantitative estimate of drug-likeness (QED) is 0.672. The Morgan fingerprint density at radius 1 is 1.36 bits per heavy atom. The molecule has 2 amide bonds. The second-order valence-electron chi connectivity index (χ2n) is 5.65. The van der Waals surface area contributed by atoms with E-state index < -0.39 is 17.6 Å². The standard InChI is InChI=1S/C17H20Cl2N2O4/c1-25-8-7-21-10-12(15(22)17(21)24)16(23)20-6-2-3-11-4-5-13(18)14(19)9-11/h4-5,9,22H,2-3,6-8,10H2,1H3,(H,20,23). The van der Waals surface area contributed by atoms with Crippen LogP contribution in [-0.2, 0) is 20.7 Å². The second-order valence-corrected chi connectivity index (χ2v) is 6.47. The molecular formula is C17H20Cl2N2O4. The average Bonchev–Trinajstić information content (AvgIpc) is 2.88. The Morgan fingerprint density at radius 3 is 2.80 bits per heavy atom. The summed E-state index contributed by atoms with van der Waals surface area (Å²) in [7, 11) is 1.52. The van der Waals surface area contributed by atoms with Crippen molar-refractivity contribution in [3.63, 3.8) is 0 Å². The molecule has 0 saturated carbocycles. The lowest BCUT2D eigenvalue weighted by atomic mass is 10.1. The first-order valence-electron chi connectivity index (χ1n) is 7.86. The van der Waals surface area contributed by atoms with Gasteiger partial charge in [0.25, 0.3) is 11.8 Å². The molecule has 0 spiro atoms. The SMILES string of the molecule is COCCN1CC(C(=O)NCCCc2ccc(Cl)c(Cl)c2)=C(O)C1=O. The number of aliphatic hydroxyl groups is 1. The summed E-state index contributed by atoms with van der Waals surface area (Å²) < 4.78 is 4.91. The monoisotopic (exact) mass is 386 g/mol. The highest BCUT2D eigenvalue weighted by Crippen LogP contribution is 2.23. The van der Waals surface area contributed by atoms with E-state index in [1.807, 2.05) is 6.07 Å². The molecule has 0 unspecified atom stereocenters. The van der Waals surface area contributed by atoms with Gasteiger partial charge in [0.1, 0.15) is 0 Å². The molecule has 6 nitrogen and oxygen atoms in total. The third-order valence-corrected chi connectivity index (χ3v) is 4.61. The van der Waals surface area contributed by atoms with Crippen LogP contribution in [0.1, 0.15) is 12.0 Å². The first-order valence-corrected chi connectivity index (χ1v) is 8.62. The number of nitrogens with one attached hydrogen (secondary N) is 1. The summed E-state index contributed by atoms with van der Waals surface area (Å²) in [6, 6.07) is 5.41. The number of hydrogen-bond donors (Lipinski definition) is 2. The number of halogens is 2. The Balaban J connectivity index is 1.80. The van der Waals surface area contributed by atoms with E-state index in [0.717, 1.165) is 12.0 Å². The molecule has 8 heteroatoms. The zero-order chi connectivity index (χ0) is 18.4. The van der Waals surface area contributed by atoms with Crippen molar-refractivity contribution in [3.05, 3.63) is 45.1 Å². The van der Waals surface area contributed by atoms with Gasteiger partial charge in [-0.15, -0.1) is 0 Å². The van der Waals surface area contributed by atoms with E-state index in [4.69, 9.17) is 27.9 Å². The van der Waals surface area contributed by atoms with Crippen molar-refractivity contribution < 1.29 is 19.4 Å². The lowest BCUT2D eigenvalue weighted by Crippen LogP contribution is -2.32. The van der Waals surface area contributed by atoms with Crippen molar-refractivity contribution >= 4 is 35.0 Å². The van der Waals surface area contributed by atoms with Crippen LogP contribution < -0.4 is 5.32 Å². The van der Waals surface area contributed by atoms with Crippen LogP contribution in [0.4, 0.5) is 0 Å². The summed E-state index contributed by atoms with van der Waals surface area (Å²) in [6.45, 7) is 1.18. The van der Waals surface area contributed by atoms with Crippen LogP contribution in [0.25, 0.3) is 0 Å². The van der Waals surface area contributed by atoms with Crippen molar-refractivity contribution in [1.29, 1.82) is 0 Å². The number of hydrogen-bond acceptors (Lipinski definition) is 4. The number of aliphatic hydroxyl groups excluding tert-OH is 1. The van der Waals surface area contributed by atoms with E-state index in [2.05, 4.69) is 5.32 Å². The molecule has 0 atom stereocenters. The molecule has 1 heterocycles. The second kappa shape index (κ2) is 9.08. The summed E-state index contributed by atoms with van der Waals surface area (Å²) in [6.07, 6.45) is 1.42. The molecule has 0 radical (unpaired) electrons. The van der Waals surface area contributed by atoms with Gasteiger partial charge >= 0.3 is 0 Å². The van der Waals surface area contributed by atoms with Gasteiger partial charge < -0.3 is 20.1 Å². The lowest BCUT2D eigenvalue weighted by Gasteiger charge is -2.15. The third-order valence-electron chi connectivity index (χ3n) is 3.88. The molecule has 136 valence electrons. The van der Waals surface area contributed by atoms with Gasteiger partial charge in [-0.25, -0.2) is 0 Å². The molecule has 2 rings (SSSR count). The minimum Gasteiger partial charge on any atom is -0.503 e. The fraction of sp³-hybridized carbons (Fsp3) is 0.412. The largest absolute Gasteiger partial charge is 0.503 e. The number of amides is 2. The summed E-state index contributed by atoms with van der Waals surface area (Å²) in [5.41, 5.74) is 1.11. The van der Waals surface area contributed by atoms with Crippen LogP contribution in [-0.4, -0.2) is 55.2 Å². The summed E-state index contributed by atoms with van der Waals surface area (Å²) in [5.74, 6) is -1.46. The Labute approximate surface area is 156 Å². The molecule has 0 aliphatic carbocycles. The number of ether oxygens (including phenoxy) is 1. The highest BCUT2D eigenvalue weighted by atomic mass is 35.5. The highest BCUT2D eigenvalue weighted by Gasteiger charge is 2.33. The summed E-state index contributed by atoms with van der Waals surface area (Å²) in [4.78, 5) is 25.4. The maximum Gasteiger partial charge on any atom is 0.289 e.